The Morgan fingerprint density at radius 1 is 0.852 bits per heavy atom. The van der Waals surface area contributed by atoms with E-state index in [4.69, 9.17) is 9.15 Å². The van der Waals surface area contributed by atoms with Gasteiger partial charge in [-0.05, 0) is 53.6 Å². The Kier molecular flexibility index (Phi) is 4.11. The van der Waals surface area contributed by atoms with Crippen molar-refractivity contribution in [1.29, 1.82) is 0 Å². The lowest BCUT2D eigenvalue weighted by Gasteiger charge is -2.07. The largest absolute Gasteiger partial charge is 0.497 e. The molecule has 27 heavy (non-hydrogen) atoms. The number of rotatable bonds is 3. The first-order chi connectivity index (χ1) is 12.9. The Bertz CT molecular complexity index is 1100. The number of fused-ring (bicyclic) bond motifs is 1. The number of hydrogen-bond donors (Lipinski definition) is 0. The molecule has 0 bridgehead atoms. The van der Waals surface area contributed by atoms with Gasteiger partial charge in [-0.3, -0.25) is 0 Å². The zero-order valence-corrected chi connectivity index (χ0v) is 14.2. The minimum Gasteiger partial charge on any atom is -0.497 e. The van der Waals surface area contributed by atoms with Crippen LogP contribution in [-0.2, 0) is 6.18 Å². The van der Waals surface area contributed by atoms with Gasteiger partial charge >= 0.3 is 6.18 Å². The molecule has 0 amide bonds. The van der Waals surface area contributed by atoms with Crippen LogP contribution in [0.2, 0.25) is 0 Å². The van der Waals surface area contributed by atoms with Crippen molar-refractivity contribution in [2.45, 2.75) is 6.18 Å². The normalized spacial score (nSPS) is 11.7. The third-order valence-corrected chi connectivity index (χ3v) is 4.25. The van der Waals surface area contributed by atoms with E-state index in [1.807, 2.05) is 30.3 Å². The highest BCUT2D eigenvalue weighted by molar-refractivity contribution is 5.82. The molecule has 4 aromatic rings. The zero-order chi connectivity index (χ0) is 19.0. The van der Waals surface area contributed by atoms with E-state index in [0.29, 0.717) is 28.3 Å². The first-order valence-electron chi connectivity index (χ1n) is 8.17. The molecule has 0 atom stereocenters. The van der Waals surface area contributed by atoms with Gasteiger partial charge in [0.25, 0.3) is 0 Å². The maximum atomic E-state index is 12.7. The van der Waals surface area contributed by atoms with E-state index in [-0.39, 0.29) is 0 Å². The van der Waals surface area contributed by atoms with E-state index >= 15 is 0 Å². The van der Waals surface area contributed by atoms with Crippen LogP contribution in [0.3, 0.4) is 0 Å². The molecule has 0 aliphatic rings. The summed E-state index contributed by atoms with van der Waals surface area (Å²) in [6, 6.07) is 17.8. The highest BCUT2D eigenvalue weighted by Crippen LogP contribution is 2.33. The summed E-state index contributed by atoms with van der Waals surface area (Å²) in [5.74, 6) is 1.15. The molecule has 3 nitrogen and oxygen atoms in total. The number of aromatic nitrogens is 1. The number of nitrogens with zero attached hydrogens (tertiary/aromatic N) is 1. The number of ether oxygens (including phenoxy) is 1. The Morgan fingerprint density at radius 2 is 1.59 bits per heavy atom. The fraction of sp³-hybridized carbons (Fsp3) is 0.0952. The number of oxazole rings is 1. The second-order valence-electron chi connectivity index (χ2n) is 6.01. The minimum atomic E-state index is -4.35. The number of benzene rings is 3. The van der Waals surface area contributed by atoms with E-state index in [2.05, 4.69) is 4.98 Å². The lowest BCUT2D eigenvalue weighted by atomic mass is 10.0. The summed E-state index contributed by atoms with van der Waals surface area (Å²) in [4.78, 5) is 4.47. The lowest BCUT2D eigenvalue weighted by Crippen LogP contribution is -2.03. The van der Waals surface area contributed by atoms with Crippen LogP contribution in [0, 0.1) is 0 Å². The van der Waals surface area contributed by atoms with Crippen molar-refractivity contribution in [2.24, 2.45) is 0 Å². The predicted molar refractivity (Wildman–Crippen MR) is 96.4 cm³/mol. The van der Waals surface area contributed by atoms with Gasteiger partial charge in [-0.15, -0.1) is 0 Å². The van der Waals surface area contributed by atoms with Gasteiger partial charge < -0.3 is 9.15 Å². The van der Waals surface area contributed by atoms with Crippen LogP contribution in [0.15, 0.2) is 71.1 Å². The van der Waals surface area contributed by atoms with E-state index in [1.165, 1.54) is 12.1 Å². The van der Waals surface area contributed by atoms with Crippen LogP contribution in [0.1, 0.15) is 5.56 Å². The number of halogens is 3. The molecule has 0 aliphatic heterocycles. The fourth-order valence-electron chi connectivity index (χ4n) is 2.84. The van der Waals surface area contributed by atoms with Gasteiger partial charge in [0.2, 0.25) is 5.89 Å². The van der Waals surface area contributed by atoms with Crippen molar-refractivity contribution in [1.82, 2.24) is 4.98 Å². The fourth-order valence-corrected chi connectivity index (χ4v) is 2.84. The average molecular weight is 369 g/mol. The van der Waals surface area contributed by atoms with Crippen LogP contribution in [0.5, 0.6) is 5.75 Å². The standard InChI is InChI=1S/C21H14F3NO2/c1-26-17-4-2-3-15(11-17)20-25-18-10-7-14(12-19(18)27-20)13-5-8-16(9-6-13)21(22,23)24/h2-12H,1H3. The summed E-state index contributed by atoms with van der Waals surface area (Å²) in [6.07, 6.45) is -4.35. The predicted octanol–water partition coefficient (Wildman–Crippen LogP) is 6.19. The van der Waals surface area contributed by atoms with Crippen molar-refractivity contribution < 1.29 is 22.3 Å². The van der Waals surface area contributed by atoms with Crippen LogP contribution in [0.25, 0.3) is 33.7 Å². The molecule has 1 aromatic heterocycles. The van der Waals surface area contributed by atoms with Gasteiger partial charge in [-0.25, -0.2) is 4.98 Å². The summed E-state index contributed by atoms with van der Waals surface area (Å²) in [5.41, 5.74) is 2.76. The van der Waals surface area contributed by atoms with Crippen molar-refractivity contribution >= 4 is 11.1 Å². The highest BCUT2D eigenvalue weighted by Gasteiger charge is 2.29. The van der Waals surface area contributed by atoms with Crippen molar-refractivity contribution in [3.63, 3.8) is 0 Å². The topological polar surface area (TPSA) is 35.3 Å². The Balaban J connectivity index is 1.70. The van der Waals surface area contributed by atoms with Gasteiger partial charge in [0.05, 0.1) is 12.7 Å². The molecule has 1 heterocycles. The quantitative estimate of drug-likeness (QED) is 0.432. The summed E-state index contributed by atoms with van der Waals surface area (Å²) in [7, 11) is 1.58. The monoisotopic (exact) mass is 369 g/mol. The molecule has 136 valence electrons. The Labute approximate surface area is 153 Å². The molecule has 0 saturated carbocycles. The molecule has 3 aromatic carbocycles. The Morgan fingerprint density at radius 3 is 2.30 bits per heavy atom. The van der Waals surface area contributed by atoms with E-state index < -0.39 is 11.7 Å². The van der Waals surface area contributed by atoms with E-state index in [0.717, 1.165) is 23.3 Å². The molecule has 0 N–H and O–H groups in total. The SMILES string of the molecule is COc1cccc(-c2nc3ccc(-c4ccc(C(F)(F)F)cc4)cc3o2)c1. The maximum absolute atomic E-state index is 12.7. The van der Waals surface area contributed by atoms with Crippen molar-refractivity contribution in [2.75, 3.05) is 7.11 Å². The van der Waals surface area contributed by atoms with Gasteiger partial charge in [0.15, 0.2) is 5.58 Å². The maximum Gasteiger partial charge on any atom is 0.416 e. The molecule has 0 aliphatic carbocycles. The minimum absolute atomic E-state index is 0.452. The second kappa shape index (κ2) is 6.46. The van der Waals surface area contributed by atoms with Crippen LogP contribution in [-0.4, -0.2) is 12.1 Å². The van der Waals surface area contributed by atoms with Crippen molar-refractivity contribution in [3.05, 3.63) is 72.3 Å². The molecule has 4 rings (SSSR count). The summed E-state index contributed by atoms with van der Waals surface area (Å²) < 4.78 is 49.2. The average Bonchev–Trinajstić information content (AvgIpc) is 3.11. The highest BCUT2D eigenvalue weighted by atomic mass is 19.4. The van der Waals surface area contributed by atoms with Gasteiger partial charge in [0.1, 0.15) is 11.3 Å². The third-order valence-electron chi connectivity index (χ3n) is 4.25. The van der Waals surface area contributed by atoms with E-state index in [9.17, 15) is 13.2 Å². The van der Waals surface area contributed by atoms with Crippen LogP contribution < -0.4 is 4.74 Å². The van der Waals surface area contributed by atoms with Gasteiger partial charge in [-0.2, -0.15) is 13.2 Å². The molecule has 0 spiro atoms. The summed E-state index contributed by atoms with van der Waals surface area (Å²) in [6.45, 7) is 0. The molecular weight excluding hydrogens is 355 g/mol. The molecule has 6 heteroatoms. The van der Waals surface area contributed by atoms with Gasteiger partial charge in [0, 0.05) is 5.56 Å². The lowest BCUT2D eigenvalue weighted by molar-refractivity contribution is -0.137. The summed E-state index contributed by atoms with van der Waals surface area (Å²) >= 11 is 0. The third kappa shape index (κ3) is 3.38. The molecule has 0 unspecified atom stereocenters. The number of hydrogen-bond acceptors (Lipinski definition) is 3. The smallest absolute Gasteiger partial charge is 0.416 e. The summed E-state index contributed by atoms with van der Waals surface area (Å²) in [5, 5.41) is 0. The molecule has 0 radical (unpaired) electrons. The molecule has 0 fully saturated rings. The first-order valence-corrected chi connectivity index (χ1v) is 8.17. The van der Waals surface area contributed by atoms with Gasteiger partial charge in [-0.1, -0.05) is 24.3 Å². The Hall–Kier alpha value is -3.28. The number of alkyl halides is 3. The van der Waals surface area contributed by atoms with Crippen LogP contribution in [0.4, 0.5) is 13.2 Å². The second-order valence-corrected chi connectivity index (χ2v) is 6.01. The zero-order valence-electron chi connectivity index (χ0n) is 14.2. The molecular formula is C21H14F3NO2. The van der Waals surface area contributed by atoms with Crippen LogP contribution >= 0.6 is 0 Å². The first kappa shape index (κ1) is 17.1. The number of methoxy groups -OCH3 is 1. The molecule has 0 saturated heterocycles. The van der Waals surface area contributed by atoms with Crippen molar-refractivity contribution in [3.8, 4) is 28.3 Å². The van der Waals surface area contributed by atoms with E-state index in [1.54, 1.807) is 19.2 Å².